The average molecular weight is 539 g/mol. The van der Waals surface area contributed by atoms with Crippen LogP contribution in [0.25, 0.3) is 22.6 Å². The number of likely N-dealkylation sites (N-methyl/N-ethyl adjacent to an activating group) is 1. The number of carbonyl (C=O) groups excluding carboxylic acids is 2. The van der Waals surface area contributed by atoms with Crippen LogP contribution in [0.15, 0.2) is 53.6 Å². The number of nitrogens with zero attached hydrogens (tertiary/aromatic N) is 3. The van der Waals surface area contributed by atoms with Gasteiger partial charge in [-0.15, -0.1) is 0 Å². The smallest absolute Gasteiger partial charge is 0.258 e. The van der Waals surface area contributed by atoms with Crippen LogP contribution < -0.4 is 10.2 Å². The zero-order valence-corrected chi connectivity index (χ0v) is 22.2. The summed E-state index contributed by atoms with van der Waals surface area (Å²) >= 11 is 0. The maximum Gasteiger partial charge on any atom is 0.258 e. The van der Waals surface area contributed by atoms with E-state index < -0.39 is 10.0 Å². The number of hydrogen-bond acceptors (Lipinski definition) is 6. The highest BCUT2D eigenvalue weighted by Gasteiger charge is 2.33. The zero-order valence-electron chi connectivity index (χ0n) is 21.3. The highest BCUT2D eigenvalue weighted by molar-refractivity contribution is 7.89. The van der Waals surface area contributed by atoms with Crippen LogP contribution in [0, 0.1) is 0 Å². The van der Waals surface area contributed by atoms with Gasteiger partial charge < -0.3 is 24.3 Å². The average Bonchev–Trinajstić information content (AvgIpc) is 3.39. The maximum atomic E-state index is 13.3. The Balaban J connectivity index is 1.53. The van der Waals surface area contributed by atoms with Crippen molar-refractivity contribution in [1.29, 1.82) is 0 Å². The van der Waals surface area contributed by atoms with Gasteiger partial charge >= 0.3 is 0 Å². The molecule has 2 aromatic carbocycles. The summed E-state index contributed by atoms with van der Waals surface area (Å²) in [5, 5.41) is 3.70. The first-order valence-electron chi connectivity index (χ1n) is 12.4. The monoisotopic (exact) mass is 538 g/mol. The quantitative estimate of drug-likeness (QED) is 0.347. The van der Waals surface area contributed by atoms with Crippen LogP contribution in [0.3, 0.4) is 0 Å². The number of benzene rings is 2. The minimum Gasteiger partial charge on any atom is -0.383 e. The summed E-state index contributed by atoms with van der Waals surface area (Å²) in [5.41, 5.74) is 3.21. The second-order valence-electron chi connectivity index (χ2n) is 9.19. The van der Waals surface area contributed by atoms with E-state index in [9.17, 15) is 18.0 Å². The molecule has 0 aliphatic carbocycles. The van der Waals surface area contributed by atoms with Gasteiger partial charge in [-0.1, -0.05) is 18.2 Å². The summed E-state index contributed by atoms with van der Waals surface area (Å²) in [6.45, 7) is 2.24. The summed E-state index contributed by atoms with van der Waals surface area (Å²) in [4.78, 5) is 27.4. The van der Waals surface area contributed by atoms with Crippen LogP contribution in [0.2, 0.25) is 0 Å². The number of amides is 2. The Hall–Kier alpha value is -3.51. The van der Waals surface area contributed by atoms with Gasteiger partial charge in [0.25, 0.3) is 5.91 Å². The van der Waals surface area contributed by atoms with Gasteiger partial charge in [0.15, 0.2) is 0 Å². The molecule has 0 radical (unpaired) electrons. The van der Waals surface area contributed by atoms with E-state index in [1.807, 2.05) is 35.0 Å². The number of methoxy groups -OCH3 is 1. The third-order valence-electron chi connectivity index (χ3n) is 6.82. The zero-order chi connectivity index (χ0) is 26.9. The first kappa shape index (κ1) is 26.1. The number of nitrogens with one attached hydrogen (secondary N) is 1. The summed E-state index contributed by atoms with van der Waals surface area (Å²) in [6, 6.07) is 12.4. The molecule has 1 aromatic heterocycles. The molecule has 1 fully saturated rings. The maximum absolute atomic E-state index is 13.3. The SMILES string of the molecule is COCCNC(=O)Cn1cc(/C=C2\C(=O)N(C)c3ccc(S(=O)(=O)N4CCOCC4)cc32)c2ccccc21. The Labute approximate surface area is 221 Å². The largest absolute Gasteiger partial charge is 0.383 e. The molecule has 200 valence electrons. The molecule has 1 N–H and O–H groups in total. The van der Waals surface area contributed by atoms with Crippen LogP contribution in [-0.2, 0) is 35.6 Å². The van der Waals surface area contributed by atoms with Crippen molar-refractivity contribution in [2.24, 2.45) is 0 Å². The van der Waals surface area contributed by atoms with Gasteiger partial charge in [0, 0.05) is 67.6 Å². The number of morpholine rings is 1. The number of sulfonamides is 1. The highest BCUT2D eigenvalue weighted by atomic mass is 32.2. The van der Waals surface area contributed by atoms with Crippen molar-refractivity contribution < 1.29 is 27.5 Å². The van der Waals surface area contributed by atoms with Crippen molar-refractivity contribution in [2.75, 3.05) is 58.5 Å². The third-order valence-corrected chi connectivity index (χ3v) is 8.72. The van der Waals surface area contributed by atoms with Gasteiger partial charge in [0.05, 0.1) is 30.4 Å². The van der Waals surface area contributed by atoms with Crippen molar-refractivity contribution in [1.82, 2.24) is 14.2 Å². The number of fused-ring (bicyclic) bond motifs is 2. The Kier molecular flexibility index (Phi) is 7.35. The minimum atomic E-state index is -3.73. The van der Waals surface area contributed by atoms with Crippen molar-refractivity contribution >= 4 is 50.1 Å². The van der Waals surface area contributed by atoms with Gasteiger partial charge in [-0.05, 0) is 30.3 Å². The second-order valence-corrected chi connectivity index (χ2v) is 11.1. The number of anilines is 1. The van der Waals surface area contributed by atoms with Gasteiger partial charge in [0.2, 0.25) is 15.9 Å². The lowest BCUT2D eigenvalue weighted by molar-refractivity contribution is -0.121. The van der Waals surface area contributed by atoms with Crippen LogP contribution in [-0.4, -0.2) is 82.7 Å². The van der Waals surface area contributed by atoms with Gasteiger partial charge in [-0.2, -0.15) is 4.31 Å². The molecule has 10 nitrogen and oxygen atoms in total. The van der Waals surface area contributed by atoms with Gasteiger partial charge in [0.1, 0.15) is 6.54 Å². The fourth-order valence-electron chi connectivity index (χ4n) is 4.84. The molecule has 1 saturated heterocycles. The van der Waals surface area contributed by atoms with E-state index in [2.05, 4.69) is 5.32 Å². The predicted molar refractivity (Wildman–Crippen MR) is 144 cm³/mol. The summed E-state index contributed by atoms with van der Waals surface area (Å²) in [6.07, 6.45) is 3.62. The van der Waals surface area contributed by atoms with Crippen LogP contribution in [0.4, 0.5) is 5.69 Å². The molecule has 3 heterocycles. The van der Waals surface area contributed by atoms with Gasteiger partial charge in [-0.25, -0.2) is 8.42 Å². The Morgan fingerprint density at radius 2 is 1.92 bits per heavy atom. The second kappa shape index (κ2) is 10.7. The highest BCUT2D eigenvalue weighted by Crippen LogP contribution is 2.39. The standard InChI is InChI=1S/C27H30N4O6S/c1-29-24-8-7-20(38(34,35)31-10-13-37-14-11-31)16-22(24)23(27(29)33)15-19-17-30(18-26(32)28-9-12-36-2)25-6-4-3-5-21(19)25/h3-8,15-17H,9-14,18H2,1-2H3,(H,28,32)/b23-15-. The molecule has 0 spiro atoms. The number of carbonyl (C=O) groups is 2. The molecule has 5 rings (SSSR count). The Morgan fingerprint density at radius 1 is 1.16 bits per heavy atom. The topological polar surface area (TPSA) is 110 Å². The number of para-hydroxylation sites is 1. The van der Waals surface area contributed by atoms with Crippen LogP contribution in [0.5, 0.6) is 0 Å². The van der Waals surface area contributed by atoms with E-state index >= 15 is 0 Å². The third kappa shape index (κ3) is 4.85. The van der Waals surface area contributed by atoms with E-state index in [1.165, 1.54) is 9.21 Å². The molecule has 0 unspecified atom stereocenters. The van der Waals surface area contributed by atoms with E-state index in [4.69, 9.17) is 9.47 Å². The molecule has 2 aliphatic rings. The number of rotatable bonds is 8. The summed E-state index contributed by atoms with van der Waals surface area (Å²) in [7, 11) is -0.482. The molecule has 11 heteroatoms. The number of ether oxygens (including phenoxy) is 2. The minimum absolute atomic E-state index is 0.111. The first-order valence-corrected chi connectivity index (χ1v) is 13.8. The van der Waals surface area contributed by atoms with Crippen LogP contribution >= 0.6 is 0 Å². The lowest BCUT2D eigenvalue weighted by Gasteiger charge is -2.26. The molecule has 0 atom stereocenters. The van der Waals surface area contributed by atoms with E-state index in [0.717, 1.165) is 16.5 Å². The normalized spacial score (nSPS) is 17.4. The Morgan fingerprint density at radius 3 is 2.68 bits per heavy atom. The van der Waals surface area contributed by atoms with E-state index in [1.54, 1.807) is 38.4 Å². The summed E-state index contributed by atoms with van der Waals surface area (Å²) in [5.74, 6) is -0.378. The van der Waals surface area contributed by atoms with Crippen LogP contribution in [0.1, 0.15) is 11.1 Å². The van der Waals surface area contributed by atoms with Crippen molar-refractivity contribution in [3.05, 3.63) is 59.8 Å². The van der Waals surface area contributed by atoms with Gasteiger partial charge in [-0.3, -0.25) is 9.59 Å². The molecule has 3 aromatic rings. The number of hydrogen-bond donors (Lipinski definition) is 1. The molecule has 0 saturated carbocycles. The lowest BCUT2D eigenvalue weighted by Crippen LogP contribution is -2.40. The molecule has 2 amide bonds. The van der Waals surface area contributed by atoms with Crippen molar-refractivity contribution in [3.63, 3.8) is 0 Å². The molecular weight excluding hydrogens is 508 g/mol. The fraction of sp³-hybridized carbons (Fsp3) is 0.333. The summed E-state index contributed by atoms with van der Waals surface area (Å²) < 4.78 is 40.1. The van der Waals surface area contributed by atoms with E-state index in [-0.39, 0.29) is 23.3 Å². The number of aromatic nitrogens is 1. The predicted octanol–water partition coefficient (Wildman–Crippen LogP) is 1.94. The first-order chi connectivity index (χ1) is 18.3. The van der Waals surface area contributed by atoms with Crippen molar-refractivity contribution in [3.8, 4) is 0 Å². The lowest BCUT2D eigenvalue weighted by atomic mass is 10.0. The molecule has 2 aliphatic heterocycles. The fourth-order valence-corrected chi connectivity index (χ4v) is 6.28. The molecule has 0 bridgehead atoms. The Bertz CT molecular complexity index is 1520. The van der Waals surface area contributed by atoms with Crippen molar-refractivity contribution in [2.45, 2.75) is 11.4 Å². The molecular formula is C27H30N4O6S. The van der Waals surface area contributed by atoms with E-state index in [0.29, 0.717) is 56.3 Å². The molecule has 38 heavy (non-hydrogen) atoms.